The lowest BCUT2D eigenvalue weighted by Crippen LogP contribution is -2.35. The molecule has 30 heavy (non-hydrogen) atoms. The number of nitrogens with zero attached hydrogens (tertiary/aromatic N) is 2. The van der Waals surface area contributed by atoms with Gasteiger partial charge in [-0.15, -0.1) is 0 Å². The van der Waals surface area contributed by atoms with Crippen LogP contribution in [-0.2, 0) is 11.4 Å². The largest absolute Gasteiger partial charge is 0.493 e. The maximum absolute atomic E-state index is 12.4. The van der Waals surface area contributed by atoms with Crippen LogP contribution in [-0.4, -0.2) is 36.2 Å². The molecule has 1 saturated heterocycles. The Morgan fingerprint density at radius 1 is 1.13 bits per heavy atom. The molecule has 2 aromatic rings. The maximum atomic E-state index is 12.4. The highest BCUT2D eigenvalue weighted by atomic mass is 32.2. The number of piperidine rings is 1. The summed E-state index contributed by atoms with van der Waals surface area (Å²) in [5.41, 5.74) is 1.98. The molecule has 0 unspecified atom stereocenters. The van der Waals surface area contributed by atoms with Crippen molar-refractivity contribution >= 4 is 28.9 Å². The molecule has 0 atom stereocenters. The quantitative estimate of drug-likeness (QED) is 0.637. The number of amides is 1. The van der Waals surface area contributed by atoms with Crippen molar-refractivity contribution in [2.24, 2.45) is 10.9 Å². The number of hydrogen-bond donors (Lipinski definition) is 0. The molecule has 6 heteroatoms. The summed E-state index contributed by atoms with van der Waals surface area (Å²) in [5.74, 6) is 1.89. The van der Waals surface area contributed by atoms with E-state index in [0.717, 1.165) is 48.1 Å². The number of hydrogen-bond acceptors (Lipinski definition) is 5. The highest BCUT2D eigenvalue weighted by molar-refractivity contribution is 8.18. The van der Waals surface area contributed by atoms with E-state index in [-0.39, 0.29) is 5.91 Å². The third kappa shape index (κ3) is 4.87. The van der Waals surface area contributed by atoms with Crippen molar-refractivity contribution < 1.29 is 14.3 Å². The van der Waals surface area contributed by atoms with E-state index in [1.54, 1.807) is 7.11 Å². The monoisotopic (exact) mass is 422 g/mol. The Morgan fingerprint density at radius 2 is 1.90 bits per heavy atom. The van der Waals surface area contributed by atoms with E-state index in [1.165, 1.54) is 11.8 Å². The second-order valence-electron chi connectivity index (χ2n) is 7.66. The molecule has 2 aliphatic rings. The van der Waals surface area contributed by atoms with Gasteiger partial charge in [-0.25, -0.2) is 0 Å². The van der Waals surface area contributed by atoms with Crippen LogP contribution in [0.1, 0.15) is 30.9 Å². The van der Waals surface area contributed by atoms with Gasteiger partial charge in [0.05, 0.1) is 12.0 Å². The summed E-state index contributed by atoms with van der Waals surface area (Å²) >= 11 is 1.46. The van der Waals surface area contributed by atoms with Gasteiger partial charge in [-0.2, -0.15) is 4.99 Å². The normalized spacial score (nSPS) is 18.6. The van der Waals surface area contributed by atoms with Gasteiger partial charge in [0.15, 0.2) is 16.7 Å². The van der Waals surface area contributed by atoms with Crippen LogP contribution in [0.4, 0.5) is 0 Å². The Kier molecular flexibility index (Phi) is 6.43. The summed E-state index contributed by atoms with van der Waals surface area (Å²) in [5, 5.41) is 0.827. The summed E-state index contributed by atoms with van der Waals surface area (Å²) in [7, 11) is 1.62. The fourth-order valence-electron chi connectivity index (χ4n) is 3.51. The Morgan fingerprint density at radius 3 is 2.63 bits per heavy atom. The molecule has 0 aliphatic carbocycles. The fourth-order valence-corrected chi connectivity index (χ4v) is 4.48. The maximum Gasteiger partial charge on any atom is 0.286 e. The number of thioether (sulfide) groups is 1. The van der Waals surface area contributed by atoms with Crippen LogP contribution in [0.2, 0.25) is 0 Å². The molecule has 156 valence electrons. The van der Waals surface area contributed by atoms with Crippen LogP contribution in [0.25, 0.3) is 6.08 Å². The standard InChI is InChI=1S/C24H26N2O3S/c1-17-10-12-26(13-11-17)24-25-23(27)22(30-24)15-19-8-9-20(21(14-19)28-2)29-16-18-6-4-3-5-7-18/h3-9,14-15,17H,10-13,16H2,1-2H3/b22-15-. The zero-order valence-corrected chi connectivity index (χ0v) is 18.2. The first-order valence-electron chi connectivity index (χ1n) is 10.2. The van der Waals surface area contributed by atoms with Gasteiger partial charge in [0.2, 0.25) is 0 Å². The highest BCUT2D eigenvalue weighted by Gasteiger charge is 2.28. The van der Waals surface area contributed by atoms with Gasteiger partial charge in [-0.05, 0) is 59.9 Å². The molecule has 0 spiro atoms. The van der Waals surface area contributed by atoms with Gasteiger partial charge in [-0.1, -0.05) is 43.3 Å². The topological polar surface area (TPSA) is 51.1 Å². The zero-order valence-electron chi connectivity index (χ0n) is 17.3. The van der Waals surface area contributed by atoms with Crippen LogP contribution in [0.3, 0.4) is 0 Å². The Hall–Kier alpha value is -2.73. The molecule has 0 N–H and O–H groups in total. The third-order valence-corrected chi connectivity index (χ3v) is 6.43. The molecule has 1 fully saturated rings. The Balaban J connectivity index is 1.44. The van der Waals surface area contributed by atoms with Crippen LogP contribution in [0, 0.1) is 5.92 Å². The van der Waals surface area contributed by atoms with E-state index in [0.29, 0.717) is 23.0 Å². The zero-order chi connectivity index (χ0) is 20.9. The van der Waals surface area contributed by atoms with Crippen LogP contribution < -0.4 is 9.47 Å². The van der Waals surface area contributed by atoms with Gasteiger partial charge in [-0.3, -0.25) is 4.79 Å². The van der Waals surface area contributed by atoms with Gasteiger partial charge in [0, 0.05) is 13.1 Å². The Labute approximate surface area is 181 Å². The lowest BCUT2D eigenvalue weighted by Gasteiger charge is -2.30. The molecule has 5 nitrogen and oxygen atoms in total. The van der Waals surface area contributed by atoms with E-state index in [9.17, 15) is 4.79 Å². The molecule has 4 rings (SSSR count). The number of aliphatic imine (C=N–C) groups is 1. The van der Waals surface area contributed by atoms with Gasteiger partial charge in [0.1, 0.15) is 6.61 Å². The number of likely N-dealkylation sites (tertiary alicyclic amines) is 1. The number of benzene rings is 2. The van der Waals surface area contributed by atoms with Crippen molar-refractivity contribution in [1.82, 2.24) is 4.90 Å². The molecule has 0 aromatic heterocycles. The van der Waals surface area contributed by atoms with E-state index < -0.39 is 0 Å². The number of methoxy groups -OCH3 is 1. The second kappa shape index (κ2) is 9.39. The SMILES string of the molecule is COc1cc(/C=C2\SC(N3CCC(C)CC3)=NC2=O)ccc1OCc1ccccc1. The van der Waals surface area contributed by atoms with Crippen molar-refractivity contribution in [3.8, 4) is 11.5 Å². The van der Waals surface area contributed by atoms with Gasteiger partial charge in [0.25, 0.3) is 5.91 Å². The molecule has 2 aromatic carbocycles. The first kappa shape index (κ1) is 20.5. The second-order valence-corrected chi connectivity index (χ2v) is 8.67. The fraction of sp³-hybridized carbons (Fsp3) is 0.333. The van der Waals surface area contributed by atoms with E-state index in [2.05, 4.69) is 16.8 Å². The van der Waals surface area contributed by atoms with Crippen LogP contribution in [0.15, 0.2) is 58.4 Å². The molecule has 0 bridgehead atoms. The van der Waals surface area contributed by atoms with Crippen molar-refractivity contribution in [3.63, 3.8) is 0 Å². The smallest absolute Gasteiger partial charge is 0.286 e. The van der Waals surface area contributed by atoms with E-state index >= 15 is 0 Å². The molecule has 2 heterocycles. The summed E-state index contributed by atoms with van der Waals surface area (Å²) in [6.45, 7) is 4.68. The number of carbonyl (C=O) groups is 1. The minimum Gasteiger partial charge on any atom is -0.493 e. The van der Waals surface area contributed by atoms with Crippen LogP contribution >= 0.6 is 11.8 Å². The number of rotatable bonds is 5. The van der Waals surface area contributed by atoms with Gasteiger partial charge >= 0.3 is 0 Å². The van der Waals surface area contributed by atoms with Crippen molar-refractivity contribution in [2.45, 2.75) is 26.4 Å². The van der Waals surface area contributed by atoms with Crippen molar-refractivity contribution in [2.75, 3.05) is 20.2 Å². The minimum atomic E-state index is -0.169. The lowest BCUT2D eigenvalue weighted by molar-refractivity contribution is -0.113. The first-order chi connectivity index (χ1) is 14.6. The minimum absolute atomic E-state index is 0.169. The van der Waals surface area contributed by atoms with Crippen LogP contribution in [0.5, 0.6) is 11.5 Å². The number of ether oxygens (including phenoxy) is 2. The first-order valence-corrected chi connectivity index (χ1v) is 11.1. The number of carbonyl (C=O) groups excluding carboxylic acids is 1. The summed E-state index contributed by atoms with van der Waals surface area (Å²) in [6, 6.07) is 15.7. The highest BCUT2D eigenvalue weighted by Crippen LogP contribution is 2.34. The molecule has 2 aliphatic heterocycles. The summed E-state index contributed by atoms with van der Waals surface area (Å²) in [4.78, 5) is 19.6. The average Bonchev–Trinajstić information content (AvgIpc) is 3.14. The molecule has 0 saturated carbocycles. The van der Waals surface area contributed by atoms with Crippen molar-refractivity contribution in [1.29, 1.82) is 0 Å². The number of amidine groups is 1. The third-order valence-electron chi connectivity index (χ3n) is 5.39. The predicted octanol–water partition coefficient (Wildman–Crippen LogP) is 4.98. The molecule has 1 amide bonds. The molecular formula is C24H26N2O3S. The predicted molar refractivity (Wildman–Crippen MR) is 122 cm³/mol. The average molecular weight is 423 g/mol. The van der Waals surface area contributed by atoms with E-state index in [1.807, 2.05) is 54.6 Å². The Bertz CT molecular complexity index is 964. The van der Waals surface area contributed by atoms with Gasteiger partial charge < -0.3 is 14.4 Å². The lowest BCUT2D eigenvalue weighted by atomic mass is 10.00. The summed E-state index contributed by atoms with van der Waals surface area (Å²) < 4.78 is 11.4. The van der Waals surface area contributed by atoms with E-state index in [4.69, 9.17) is 9.47 Å². The molecule has 0 radical (unpaired) electrons. The summed E-state index contributed by atoms with van der Waals surface area (Å²) in [6.07, 6.45) is 4.17. The van der Waals surface area contributed by atoms with Crippen molar-refractivity contribution in [3.05, 3.63) is 64.6 Å². The molecular weight excluding hydrogens is 396 g/mol.